The van der Waals surface area contributed by atoms with Crippen LogP contribution in [0.15, 0.2) is 34.9 Å². The Kier molecular flexibility index (Phi) is 3.66. The van der Waals surface area contributed by atoms with Gasteiger partial charge in [0.2, 0.25) is 0 Å². The molecule has 0 aliphatic heterocycles. The number of halogens is 1. The number of rotatable bonds is 3. The minimum Gasteiger partial charge on any atom is -0.506 e. The van der Waals surface area contributed by atoms with Crippen LogP contribution in [0.1, 0.15) is 17.4 Å². The number of carbonyl (C=O) groups excluding carboxylic acids is 1. The lowest BCUT2D eigenvalue weighted by atomic mass is 10.3. The molecule has 2 aromatic rings. The second-order valence-corrected chi connectivity index (χ2v) is 4.51. The van der Waals surface area contributed by atoms with Crippen LogP contribution in [0.4, 0.5) is 5.69 Å². The number of aryl methyl sites for hydroxylation is 1. The van der Waals surface area contributed by atoms with Gasteiger partial charge in [0.25, 0.3) is 5.91 Å². The first-order chi connectivity index (χ1) is 8.61. The van der Waals surface area contributed by atoms with E-state index in [2.05, 4.69) is 26.3 Å². The molecular formula is C12H12BrN3O2. The zero-order chi connectivity index (χ0) is 13.1. The minimum atomic E-state index is -0.365. The van der Waals surface area contributed by atoms with E-state index in [1.165, 1.54) is 6.07 Å². The van der Waals surface area contributed by atoms with Crippen molar-refractivity contribution in [2.24, 2.45) is 0 Å². The Labute approximate surface area is 113 Å². The summed E-state index contributed by atoms with van der Waals surface area (Å²) in [6, 6.07) is 6.55. The molecule has 2 N–H and O–H groups in total. The third-order valence-electron chi connectivity index (χ3n) is 2.41. The van der Waals surface area contributed by atoms with Crippen LogP contribution >= 0.6 is 15.9 Å². The fourth-order valence-electron chi connectivity index (χ4n) is 1.47. The largest absolute Gasteiger partial charge is 0.506 e. The van der Waals surface area contributed by atoms with Gasteiger partial charge in [-0.2, -0.15) is 5.10 Å². The van der Waals surface area contributed by atoms with Gasteiger partial charge in [0.1, 0.15) is 5.75 Å². The Morgan fingerprint density at radius 1 is 1.50 bits per heavy atom. The highest BCUT2D eigenvalue weighted by Crippen LogP contribution is 2.23. The third kappa shape index (κ3) is 2.53. The highest BCUT2D eigenvalue weighted by Gasteiger charge is 2.16. The normalized spacial score (nSPS) is 10.3. The maximum absolute atomic E-state index is 12.0. The zero-order valence-corrected chi connectivity index (χ0v) is 11.3. The number of amides is 1. The fourth-order valence-corrected chi connectivity index (χ4v) is 1.97. The number of para-hydroxylation sites is 2. The molecule has 1 aromatic heterocycles. The van der Waals surface area contributed by atoms with Gasteiger partial charge in [-0.3, -0.25) is 9.48 Å². The van der Waals surface area contributed by atoms with Crippen LogP contribution in [0.2, 0.25) is 0 Å². The molecule has 94 valence electrons. The first-order valence-electron chi connectivity index (χ1n) is 5.44. The van der Waals surface area contributed by atoms with Crippen LogP contribution in [-0.4, -0.2) is 20.8 Å². The number of hydrogen-bond donors (Lipinski definition) is 2. The molecule has 0 atom stereocenters. The van der Waals surface area contributed by atoms with Crippen LogP contribution in [0.5, 0.6) is 5.75 Å². The topological polar surface area (TPSA) is 67.2 Å². The van der Waals surface area contributed by atoms with Crippen molar-refractivity contribution in [2.75, 3.05) is 5.32 Å². The first-order valence-corrected chi connectivity index (χ1v) is 6.23. The summed E-state index contributed by atoms with van der Waals surface area (Å²) in [5.74, 6) is -0.340. The van der Waals surface area contributed by atoms with E-state index in [9.17, 15) is 9.90 Å². The summed E-state index contributed by atoms with van der Waals surface area (Å²) in [6.45, 7) is 2.62. The van der Waals surface area contributed by atoms with Crippen LogP contribution in [0.3, 0.4) is 0 Å². The lowest BCUT2D eigenvalue weighted by molar-refractivity contribution is 0.102. The fraction of sp³-hybridized carbons (Fsp3) is 0.167. The van der Waals surface area contributed by atoms with Gasteiger partial charge >= 0.3 is 0 Å². The van der Waals surface area contributed by atoms with E-state index in [0.29, 0.717) is 22.4 Å². The molecule has 0 fully saturated rings. The van der Waals surface area contributed by atoms with Crippen LogP contribution in [0, 0.1) is 0 Å². The second kappa shape index (κ2) is 5.22. The smallest absolute Gasteiger partial charge is 0.277 e. The molecule has 0 saturated carbocycles. The number of aromatic nitrogens is 2. The molecule has 5 nitrogen and oxygen atoms in total. The van der Waals surface area contributed by atoms with E-state index < -0.39 is 0 Å². The standard InChI is InChI=1S/C12H12BrN3O2/c1-2-16-7-8(13)11(15-16)12(18)14-9-5-3-4-6-10(9)17/h3-7,17H,2H2,1H3,(H,14,18). The zero-order valence-electron chi connectivity index (χ0n) is 9.72. The van der Waals surface area contributed by atoms with Gasteiger partial charge in [0.15, 0.2) is 5.69 Å². The van der Waals surface area contributed by atoms with Gasteiger partial charge in [-0.15, -0.1) is 0 Å². The maximum atomic E-state index is 12.0. The number of phenolic OH excluding ortho intramolecular Hbond substituents is 1. The molecule has 6 heteroatoms. The van der Waals surface area contributed by atoms with Crippen molar-refractivity contribution in [2.45, 2.75) is 13.5 Å². The third-order valence-corrected chi connectivity index (χ3v) is 2.99. The molecule has 0 aliphatic carbocycles. The highest BCUT2D eigenvalue weighted by atomic mass is 79.9. The predicted molar refractivity (Wildman–Crippen MR) is 71.7 cm³/mol. The Morgan fingerprint density at radius 2 is 2.22 bits per heavy atom. The molecule has 1 amide bonds. The number of carbonyl (C=O) groups is 1. The summed E-state index contributed by atoms with van der Waals surface area (Å²) in [7, 11) is 0. The van der Waals surface area contributed by atoms with Crippen molar-refractivity contribution in [3.05, 3.63) is 40.6 Å². The summed E-state index contributed by atoms with van der Waals surface area (Å²) in [6.07, 6.45) is 1.74. The maximum Gasteiger partial charge on any atom is 0.277 e. The summed E-state index contributed by atoms with van der Waals surface area (Å²) >= 11 is 3.28. The van der Waals surface area contributed by atoms with Gasteiger partial charge in [-0.1, -0.05) is 12.1 Å². The van der Waals surface area contributed by atoms with E-state index >= 15 is 0 Å². The molecule has 0 bridgehead atoms. The van der Waals surface area contributed by atoms with Crippen LogP contribution in [0.25, 0.3) is 0 Å². The number of nitrogens with one attached hydrogen (secondary N) is 1. The number of hydrogen-bond acceptors (Lipinski definition) is 3. The first kappa shape index (κ1) is 12.6. The predicted octanol–water partition coefficient (Wildman–Crippen LogP) is 2.62. The van der Waals surface area contributed by atoms with E-state index in [-0.39, 0.29) is 11.7 Å². The van der Waals surface area contributed by atoms with Crippen molar-refractivity contribution >= 4 is 27.5 Å². The van der Waals surface area contributed by atoms with Crippen LogP contribution < -0.4 is 5.32 Å². The summed E-state index contributed by atoms with van der Waals surface area (Å²) < 4.78 is 2.28. The SMILES string of the molecule is CCn1cc(Br)c(C(=O)Nc2ccccc2O)n1. The van der Waals surface area contributed by atoms with Crippen molar-refractivity contribution in [1.29, 1.82) is 0 Å². The summed E-state index contributed by atoms with van der Waals surface area (Å²) in [5.41, 5.74) is 0.653. The molecule has 18 heavy (non-hydrogen) atoms. The number of phenols is 1. The van der Waals surface area contributed by atoms with E-state index in [0.717, 1.165) is 0 Å². The number of anilines is 1. The molecule has 2 rings (SSSR count). The van der Waals surface area contributed by atoms with Gasteiger partial charge in [-0.25, -0.2) is 0 Å². The lowest BCUT2D eigenvalue weighted by Gasteiger charge is -2.05. The van der Waals surface area contributed by atoms with E-state index in [4.69, 9.17) is 0 Å². The van der Waals surface area contributed by atoms with Gasteiger partial charge in [0, 0.05) is 12.7 Å². The van der Waals surface area contributed by atoms with Crippen molar-refractivity contribution < 1.29 is 9.90 Å². The molecule has 0 aliphatic rings. The molecule has 0 saturated heterocycles. The van der Waals surface area contributed by atoms with Gasteiger partial charge < -0.3 is 10.4 Å². The molecular weight excluding hydrogens is 298 g/mol. The molecule has 1 heterocycles. The number of nitrogens with zero attached hydrogens (tertiary/aromatic N) is 2. The molecule has 0 radical (unpaired) electrons. The molecule has 1 aromatic carbocycles. The minimum absolute atomic E-state index is 0.0249. The van der Waals surface area contributed by atoms with Crippen molar-refractivity contribution in [3.8, 4) is 5.75 Å². The lowest BCUT2D eigenvalue weighted by Crippen LogP contribution is -2.13. The van der Waals surface area contributed by atoms with Crippen LogP contribution in [-0.2, 0) is 6.54 Å². The summed E-state index contributed by atoms with van der Waals surface area (Å²) in [4.78, 5) is 12.0. The Bertz CT molecular complexity index is 580. The molecule has 0 unspecified atom stereocenters. The van der Waals surface area contributed by atoms with E-state index in [1.54, 1.807) is 29.1 Å². The number of aromatic hydroxyl groups is 1. The molecule has 0 spiro atoms. The summed E-state index contributed by atoms with van der Waals surface area (Å²) in [5, 5.41) is 16.3. The number of benzene rings is 1. The second-order valence-electron chi connectivity index (χ2n) is 3.65. The Morgan fingerprint density at radius 3 is 2.83 bits per heavy atom. The van der Waals surface area contributed by atoms with E-state index in [1.807, 2.05) is 6.92 Å². The van der Waals surface area contributed by atoms with Gasteiger partial charge in [0.05, 0.1) is 10.2 Å². The average Bonchev–Trinajstić information content (AvgIpc) is 2.73. The Balaban J connectivity index is 2.22. The monoisotopic (exact) mass is 309 g/mol. The van der Waals surface area contributed by atoms with Crippen molar-refractivity contribution in [1.82, 2.24) is 9.78 Å². The quantitative estimate of drug-likeness (QED) is 0.856. The van der Waals surface area contributed by atoms with Gasteiger partial charge in [-0.05, 0) is 35.0 Å². The average molecular weight is 310 g/mol. The van der Waals surface area contributed by atoms with Crippen molar-refractivity contribution in [3.63, 3.8) is 0 Å². The highest BCUT2D eigenvalue weighted by molar-refractivity contribution is 9.10. The Hall–Kier alpha value is -1.82.